The van der Waals surface area contributed by atoms with Crippen molar-refractivity contribution in [2.24, 2.45) is 0 Å². The molecule has 1 aliphatic rings. The Bertz CT molecular complexity index is 285. The van der Waals surface area contributed by atoms with Crippen LogP contribution in [0.3, 0.4) is 0 Å². The standard InChI is InChI=1S/C11H19NOSi/c1-7-8-9(14(5)6)10(13)12(8)11(2,3)4/h1,8-9,14H,2-6H3/t8-,9?/m0/s1. The van der Waals surface area contributed by atoms with Crippen LogP contribution in [-0.4, -0.2) is 31.2 Å². The summed E-state index contributed by atoms with van der Waals surface area (Å²) >= 11 is 0. The summed E-state index contributed by atoms with van der Waals surface area (Å²) in [5, 5.41) is 0. The number of carbonyl (C=O) groups excluding carboxylic acids is 1. The molecule has 3 heteroatoms. The number of likely N-dealkylation sites (tertiary alicyclic amines) is 1. The second-order valence-corrected chi connectivity index (χ2v) is 8.47. The monoisotopic (exact) mass is 209 g/mol. The van der Waals surface area contributed by atoms with E-state index in [2.05, 4.69) is 19.0 Å². The molecule has 1 rings (SSSR count). The lowest BCUT2D eigenvalue weighted by atomic mass is 9.92. The molecule has 14 heavy (non-hydrogen) atoms. The van der Waals surface area contributed by atoms with Crippen LogP contribution in [-0.2, 0) is 4.79 Å². The number of carbonyl (C=O) groups is 1. The van der Waals surface area contributed by atoms with Gasteiger partial charge in [-0.15, -0.1) is 6.42 Å². The number of β-lactam (4-membered cyclic amide) rings is 1. The number of hydrogen-bond acceptors (Lipinski definition) is 1. The number of rotatable bonds is 1. The van der Waals surface area contributed by atoms with Crippen LogP contribution in [0.4, 0.5) is 0 Å². The Morgan fingerprint density at radius 2 is 1.93 bits per heavy atom. The number of amides is 1. The highest BCUT2D eigenvalue weighted by Crippen LogP contribution is 2.39. The quantitative estimate of drug-likeness (QED) is 0.364. The van der Waals surface area contributed by atoms with E-state index in [-0.39, 0.29) is 23.0 Å². The summed E-state index contributed by atoms with van der Waals surface area (Å²) in [5.74, 6) is 3.03. The van der Waals surface area contributed by atoms with Crippen molar-refractivity contribution < 1.29 is 4.79 Å². The molecule has 0 aromatic rings. The first-order valence-electron chi connectivity index (χ1n) is 5.10. The van der Waals surface area contributed by atoms with E-state index in [1.807, 2.05) is 25.7 Å². The van der Waals surface area contributed by atoms with Crippen LogP contribution in [0.5, 0.6) is 0 Å². The summed E-state index contributed by atoms with van der Waals surface area (Å²) in [6, 6.07) is 0.0502. The van der Waals surface area contributed by atoms with Crippen LogP contribution in [0.25, 0.3) is 0 Å². The zero-order chi connectivity index (χ0) is 11.1. The number of terminal acetylenes is 1. The Labute approximate surface area is 88.3 Å². The van der Waals surface area contributed by atoms with Gasteiger partial charge in [0.15, 0.2) is 0 Å². The molecule has 0 radical (unpaired) electrons. The Morgan fingerprint density at radius 1 is 1.43 bits per heavy atom. The van der Waals surface area contributed by atoms with Gasteiger partial charge in [-0.25, -0.2) is 0 Å². The fourth-order valence-electron chi connectivity index (χ4n) is 2.09. The van der Waals surface area contributed by atoms with Gasteiger partial charge in [0.2, 0.25) is 5.91 Å². The summed E-state index contributed by atoms with van der Waals surface area (Å²) < 4.78 is 0. The van der Waals surface area contributed by atoms with Gasteiger partial charge < -0.3 is 4.90 Å². The SMILES string of the molecule is C#C[C@H]1C([SiH](C)C)C(=O)N1C(C)(C)C. The van der Waals surface area contributed by atoms with E-state index in [1.165, 1.54) is 0 Å². The molecule has 0 saturated carbocycles. The lowest BCUT2D eigenvalue weighted by Crippen LogP contribution is -2.66. The second kappa shape index (κ2) is 3.43. The molecule has 0 aromatic heterocycles. The van der Waals surface area contributed by atoms with Crippen molar-refractivity contribution in [2.75, 3.05) is 0 Å². The third kappa shape index (κ3) is 1.59. The molecule has 0 spiro atoms. The Balaban J connectivity index is 2.87. The topological polar surface area (TPSA) is 20.3 Å². The predicted molar refractivity (Wildman–Crippen MR) is 61.8 cm³/mol. The van der Waals surface area contributed by atoms with Gasteiger partial charge in [0.25, 0.3) is 0 Å². The molecule has 0 aromatic carbocycles. The van der Waals surface area contributed by atoms with Crippen LogP contribution in [0.15, 0.2) is 0 Å². The van der Waals surface area contributed by atoms with Crippen LogP contribution in [0, 0.1) is 12.3 Å². The molecule has 0 bridgehead atoms. The van der Waals surface area contributed by atoms with Gasteiger partial charge in [0.1, 0.15) is 6.04 Å². The molecule has 1 unspecified atom stereocenters. The van der Waals surface area contributed by atoms with Gasteiger partial charge in [0.05, 0.1) is 5.54 Å². The number of nitrogens with zero attached hydrogens (tertiary/aromatic N) is 1. The van der Waals surface area contributed by atoms with Crippen molar-refractivity contribution in [1.82, 2.24) is 4.90 Å². The van der Waals surface area contributed by atoms with E-state index in [0.717, 1.165) is 0 Å². The molecule has 1 heterocycles. The smallest absolute Gasteiger partial charge is 0.227 e. The summed E-state index contributed by atoms with van der Waals surface area (Å²) in [6.07, 6.45) is 5.49. The molecule has 1 saturated heterocycles. The average molecular weight is 209 g/mol. The van der Waals surface area contributed by atoms with Crippen molar-refractivity contribution in [1.29, 1.82) is 0 Å². The molecule has 2 atom stereocenters. The zero-order valence-corrected chi connectivity index (χ0v) is 10.8. The van der Waals surface area contributed by atoms with Gasteiger partial charge in [-0.2, -0.15) is 0 Å². The second-order valence-electron chi connectivity index (χ2n) is 5.26. The van der Waals surface area contributed by atoms with E-state index in [1.54, 1.807) is 0 Å². The molecule has 0 N–H and O–H groups in total. The first kappa shape index (κ1) is 11.3. The summed E-state index contributed by atoms with van der Waals surface area (Å²) in [6.45, 7) is 10.5. The molecule has 0 aliphatic carbocycles. The predicted octanol–water partition coefficient (Wildman–Crippen LogP) is 1.49. The minimum Gasteiger partial charge on any atom is -0.323 e. The van der Waals surface area contributed by atoms with Crippen LogP contribution < -0.4 is 0 Å². The van der Waals surface area contributed by atoms with Crippen molar-refractivity contribution in [3.63, 3.8) is 0 Å². The van der Waals surface area contributed by atoms with E-state index >= 15 is 0 Å². The molecule has 1 fully saturated rings. The Kier molecular flexibility index (Phi) is 2.78. The van der Waals surface area contributed by atoms with Crippen molar-refractivity contribution in [2.45, 2.75) is 51.0 Å². The highest BCUT2D eigenvalue weighted by Gasteiger charge is 2.51. The molecular weight excluding hydrogens is 190 g/mol. The van der Waals surface area contributed by atoms with Crippen molar-refractivity contribution in [3.05, 3.63) is 0 Å². The van der Waals surface area contributed by atoms with Gasteiger partial charge in [-0.1, -0.05) is 19.0 Å². The maximum atomic E-state index is 11.9. The van der Waals surface area contributed by atoms with E-state index < -0.39 is 8.80 Å². The lowest BCUT2D eigenvalue weighted by molar-refractivity contribution is -0.150. The van der Waals surface area contributed by atoms with Gasteiger partial charge in [-0.3, -0.25) is 4.79 Å². The van der Waals surface area contributed by atoms with Crippen molar-refractivity contribution in [3.8, 4) is 12.3 Å². The maximum absolute atomic E-state index is 11.9. The first-order chi connectivity index (χ1) is 6.30. The molecular formula is C11H19NOSi. The van der Waals surface area contributed by atoms with Crippen LogP contribution in [0.2, 0.25) is 18.6 Å². The van der Waals surface area contributed by atoms with E-state index in [9.17, 15) is 4.79 Å². The minimum absolute atomic E-state index is 0.0502. The fourth-order valence-corrected chi connectivity index (χ4v) is 3.83. The largest absolute Gasteiger partial charge is 0.323 e. The summed E-state index contributed by atoms with van der Waals surface area (Å²) in [4.78, 5) is 13.7. The fraction of sp³-hybridized carbons (Fsp3) is 0.727. The molecule has 78 valence electrons. The Hall–Kier alpha value is -0.753. The third-order valence-corrected chi connectivity index (χ3v) is 4.84. The van der Waals surface area contributed by atoms with Gasteiger partial charge >= 0.3 is 0 Å². The number of hydrogen-bond donors (Lipinski definition) is 0. The highest BCUT2D eigenvalue weighted by atomic mass is 28.3. The van der Waals surface area contributed by atoms with Crippen LogP contribution >= 0.6 is 0 Å². The summed E-state index contributed by atoms with van der Waals surface area (Å²) in [7, 11) is -0.955. The highest BCUT2D eigenvalue weighted by molar-refractivity contribution is 6.63. The normalized spacial score (nSPS) is 27.5. The van der Waals surface area contributed by atoms with Gasteiger partial charge in [-0.05, 0) is 20.8 Å². The summed E-state index contributed by atoms with van der Waals surface area (Å²) in [5.41, 5.74) is 0.0349. The average Bonchev–Trinajstić information content (AvgIpc) is 1.95. The third-order valence-electron chi connectivity index (χ3n) is 2.75. The van der Waals surface area contributed by atoms with E-state index in [4.69, 9.17) is 6.42 Å². The molecule has 1 amide bonds. The Morgan fingerprint density at radius 3 is 2.21 bits per heavy atom. The van der Waals surface area contributed by atoms with Gasteiger partial charge in [0, 0.05) is 14.3 Å². The first-order valence-corrected chi connectivity index (χ1v) is 8.07. The van der Waals surface area contributed by atoms with Crippen molar-refractivity contribution >= 4 is 14.7 Å². The molecule has 1 aliphatic heterocycles. The minimum atomic E-state index is -0.955. The zero-order valence-electron chi connectivity index (χ0n) is 9.66. The lowest BCUT2D eigenvalue weighted by Gasteiger charge is -2.53. The maximum Gasteiger partial charge on any atom is 0.227 e. The van der Waals surface area contributed by atoms with E-state index in [0.29, 0.717) is 0 Å². The molecule has 2 nitrogen and oxygen atoms in total. The van der Waals surface area contributed by atoms with Crippen LogP contribution in [0.1, 0.15) is 20.8 Å².